The monoisotopic (exact) mass is 1870 g/mol. The molecule has 0 unspecified atom stereocenters. The normalized spacial score (nSPS) is 45.2. The minimum atomic E-state index is -2.66. The average Bonchev–Trinajstić information content (AvgIpc) is 0.766. The van der Waals surface area contributed by atoms with Crippen molar-refractivity contribution in [1.29, 1.82) is 0 Å². The molecule has 740 valence electrons. The van der Waals surface area contributed by atoms with Crippen LogP contribution in [0.5, 0.6) is 0 Å². The number of carbonyl (C=O) groups is 6. The first-order valence-electron chi connectivity index (χ1n) is 40.9. The maximum atomic E-state index is 13.3. The lowest BCUT2D eigenvalue weighted by Gasteiger charge is -2.51. The van der Waals surface area contributed by atoms with Crippen molar-refractivity contribution in [2.45, 2.75) is 349 Å². The summed E-state index contributed by atoms with van der Waals surface area (Å²) in [5.41, 5.74) is 0. The van der Waals surface area contributed by atoms with Crippen molar-refractivity contribution < 1.29 is 247 Å². The third-order valence-corrected chi connectivity index (χ3v) is 22.9. The van der Waals surface area contributed by atoms with Crippen molar-refractivity contribution in [3.05, 3.63) is 0 Å². The fraction of sp³-hybridized carbons (Fsp3) is 0.917. The highest BCUT2D eigenvalue weighted by molar-refractivity contribution is 5.75. The summed E-state index contributed by atoms with van der Waals surface area (Å²) in [5, 5.41) is 307. The summed E-state index contributed by atoms with van der Waals surface area (Å²) in [4.78, 5) is 76.7. The molecule has 9 heterocycles. The molecule has 0 aromatic rings. The Kier molecular flexibility index (Phi) is 39.6. The lowest BCUT2D eigenvalue weighted by molar-refractivity contribution is -0.397. The van der Waals surface area contributed by atoms with E-state index in [4.69, 9.17) is 85.3 Å². The lowest BCUT2D eigenvalue weighted by Crippen LogP contribution is -2.71. The molecule has 0 radical (unpaired) electrons. The molecule has 9 rings (SSSR count). The van der Waals surface area contributed by atoms with E-state index in [0.29, 0.717) is 0 Å². The third kappa shape index (κ3) is 24.8. The van der Waals surface area contributed by atoms with Crippen LogP contribution in [0.1, 0.15) is 48.5 Å². The van der Waals surface area contributed by atoms with Crippen molar-refractivity contribution in [2.75, 3.05) is 66.1 Å². The summed E-state index contributed by atoms with van der Waals surface area (Å²) in [7, 11) is 0. The van der Waals surface area contributed by atoms with E-state index in [1.807, 2.05) is 0 Å². The van der Waals surface area contributed by atoms with Gasteiger partial charge in [-0.2, -0.15) is 0 Å². The number of aliphatic hydroxyl groups is 26. The van der Waals surface area contributed by atoms with Crippen LogP contribution in [0.25, 0.3) is 0 Å². The summed E-state index contributed by atoms with van der Waals surface area (Å²) >= 11 is 0. The Morgan fingerprint density at radius 3 is 0.992 bits per heavy atom. The zero-order valence-corrected chi connectivity index (χ0v) is 69.8. The summed E-state index contributed by atoms with van der Waals surface area (Å²) in [6.07, 6.45) is -90.5. The molecule has 6 amide bonds. The first-order valence-corrected chi connectivity index (χ1v) is 40.9. The van der Waals surface area contributed by atoms with Gasteiger partial charge in [-0.15, -0.1) is 0 Å². The van der Waals surface area contributed by atoms with E-state index < -0.39 is 402 Å². The largest absolute Gasteiger partial charge is 0.394 e. The molecule has 9 aliphatic rings. The van der Waals surface area contributed by atoms with Gasteiger partial charge in [0.15, 0.2) is 56.6 Å². The van der Waals surface area contributed by atoms with E-state index in [1.165, 1.54) is 6.92 Å². The molecule has 0 aromatic carbocycles. The third-order valence-electron chi connectivity index (χ3n) is 22.9. The van der Waals surface area contributed by atoms with Crippen molar-refractivity contribution in [3.63, 3.8) is 0 Å². The highest BCUT2D eigenvalue weighted by atomic mass is 16.8. The highest BCUT2D eigenvalue weighted by Crippen LogP contribution is 2.40. The molecule has 9 saturated heterocycles. The Labute approximate surface area is 727 Å². The van der Waals surface area contributed by atoms with Crippen molar-refractivity contribution in [2.24, 2.45) is 0 Å². The molecule has 56 nitrogen and oxygen atoms in total. The molecule has 49 atom stereocenters. The van der Waals surface area contributed by atoms with E-state index in [2.05, 4.69) is 31.9 Å². The quantitative estimate of drug-likeness (QED) is 0.0275. The van der Waals surface area contributed by atoms with Crippen LogP contribution in [0.3, 0.4) is 0 Å². The van der Waals surface area contributed by atoms with E-state index in [1.54, 1.807) is 0 Å². The number of carbonyl (C=O) groups excluding carboxylic acids is 6. The molecule has 9 aliphatic heterocycles. The van der Waals surface area contributed by atoms with Crippen molar-refractivity contribution in [3.8, 4) is 0 Å². The molecule has 128 heavy (non-hydrogen) atoms. The predicted molar refractivity (Wildman–Crippen MR) is 400 cm³/mol. The SMILES string of the molecule is CC(=O)N[C@H]1[C@H](O[C@@H]([C@H](O)[C@H](CO)NC(C)=O)[C@H](O)CO[C@@H]2O[C@@H](C)[C@@H](O)[C@@H](O)[C@@H]2O)O[C@H](CO)[C@@H](O[C@@H]2O[C@H](CO[C@H]3O[C@H](CO)[C@@H](O)[C@H](O)[C@@H]3O[C@@H]3O[C@H](CO)[C@@H](O[C@@H]4O[C@H](CO)[C@H](O)[C@H](O)[C@H]4NC(C)=O)[C@H](O)[C@H]3NC(C)=O)[C@@H](O)[C@H](O[C@H]3O[C@H](CO)[C@@H](O)[C@H](O)[C@@H]3O[C@@H]3O[C@H](CO)[C@@H](O[C@@H]4O[C@H](CO)[C@H](O)[C@H](O)[C@H]4NC(C)=O)[C@H](O)[C@H]3NC(C)=O)[C@@H]2O)[C@@H]1O. The minimum Gasteiger partial charge on any atom is -0.394 e. The minimum absolute atomic E-state index is 0.816. The van der Waals surface area contributed by atoms with Crippen LogP contribution >= 0.6 is 0 Å². The van der Waals surface area contributed by atoms with Gasteiger partial charge >= 0.3 is 0 Å². The van der Waals surface area contributed by atoms with E-state index >= 15 is 0 Å². The first-order chi connectivity index (χ1) is 60.4. The Morgan fingerprint density at radius 1 is 0.289 bits per heavy atom. The number of nitrogens with one attached hydrogen (secondary N) is 6. The summed E-state index contributed by atoms with van der Waals surface area (Å²) in [5.74, 6) is -5.50. The molecular formula is C72H122N6O50. The fourth-order valence-electron chi connectivity index (χ4n) is 16.2. The number of hydrogen-bond acceptors (Lipinski definition) is 50. The number of rotatable bonds is 37. The second-order valence-corrected chi connectivity index (χ2v) is 32.2. The smallest absolute Gasteiger partial charge is 0.217 e. The van der Waals surface area contributed by atoms with Gasteiger partial charge in [0.05, 0.1) is 78.2 Å². The Morgan fingerprint density at radius 2 is 0.609 bits per heavy atom. The Hall–Kier alpha value is -4.94. The van der Waals surface area contributed by atoms with Gasteiger partial charge in [-0.1, -0.05) is 0 Å². The number of hydrogen-bond donors (Lipinski definition) is 32. The van der Waals surface area contributed by atoms with E-state index in [-0.39, 0.29) is 0 Å². The Bertz CT molecular complexity index is 3500. The topological polar surface area (TPSA) is 867 Å². The molecule has 0 bridgehead atoms. The van der Waals surface area contributed by atoms with Crippen molar-refractivity contribution >= 4 is 35.4 Å². The van der Waals surface area contributed by atoms with Gasteiger partial charge in [-0.3, -0.25) is 28.8 Å². The highest BCUT2D eigenvalue weighted by Gasteiger charge is 2.61. The van der Waals surface area contributed by atoms with Gasteiger partial charge in [0, 0.05) is 41.5 Å². The van der Waals surface area contributed by atoms with Crippen LogP contribution < -0.4 is 31.9 Å². The molecule has 0 spiro atoms. The van der Waals surface area contributed by atoms with Gasteiger partial charge in [-0.05, 0) is 6.92 Å². The maximum absolute atomic E-state index is 13.3. The summed E-state index contributed by atoms with van der Waals surface area (Å²) in [6.45, 7) is -4.39. The van der Waals surface area contributed by atoms with Crippen LogP contribution in [0.15, 0.2) is 0 Å². The number of aliphatic hydroxyl groups excluding tert-OH is 26. The van der Waals surface area contributed by atoms with E-state index in [0.717, 1.165) is 41.5 Å². The summed E-state index contributed by atoms with van der Waals surface area (Å²) < 4.78 is 108. The van der Waals surface area contributed by atoms with Gasteiger partial charge in [0.25, 0.3) is 0 Å². The Balaban J connectivity index is 1.08. The maximum Gasteiger partial charge on any atom is 0.217 e. The predicted octanol–water partition coefficient (Wildman–Crippen LogP) is -21.3. The molecule has 0 aromatic heterocycles. The fourth-order valence-corrected chi connectivity index (χ4v) is 16.2. The van der Waals surface area contributed by atoms with Gasteiger partial charge < -0.3 is 250 Å². The van der Waals surface area contributed by atoms with Crippen LogP contribution in [-0.4, -0.2) is 535 Å². The zero-order chi connectivity index (χ0) is 94.8. The summed E-state index contributed by atoms with van der Waals surface area (Å²) in [6, 6.07) is -11.2. The standard InChI is InChI=1S/C72H122N6O50/c1-18-40(94)52(106)55(109)69(113-18)111-16-26(93)57(41(95)25(8-79)73-19(2)87)122-66-37(76-22(5)90)51(105)60(33(15-86)118-66)125-70-56(110)61(126-72-63(54(108)45(99)30(12-83)117-72)128-68-39(78-24(7)92)50(104)59(32(14-85)120-68)124-65-36(75-21(4)89)48(102)43(97)28(10-81)115-65)46(100)34(121-70)17-112-71-62(53(107)44(98)29(11-82)116-71)127-67-38(77-23(6)91)49(103)58(31(13-84)119-67)123-64-35(74-20(3)88)47(101)42(96)27(9-80)114-64/h18,25-72,79-86,93-110H,8-17H2,1-7H3,(H,73,87)(H,74,88)(H,75,89)(H,76,90)(H,77,91)(H,78,92)/t18-,25-,26+,27+,28+,29+,30+,31+,32+,33+,34+,35+,36+,37+,38+,39+,40+,41+,42-,43-,44+,45+,46+,47+,48+,49+,50+,51+,52+,53-,54-,55-,56-,57+,58+,59+,60+,61-,62-,63-,64-,65-,66-,67-,68-,69+,70-,71-,72+/m0/s1. The second kappa shape index (κ2) is 47.5. The molecule has 32 N–H and O–H groups in total. The molecule has 0 aliphatic carbocycles. The van der Waals surface area contributed by atoms with E-state index in [9.17, 15) is 162 Å². The van der Waals surface area contributed by atoms with Gasteiger partial charge in [0.1, 0.15) is 232 Å². The van der Waals surface area contributed by atoms with Crippen molar-refractivity contribution in [1.82, 2.24) is 31.9 Å². The first kappa shape index (κ1) is 107. The number of amides is 6. The van der Waals surface area contributed by atoms with Crippen LogP contribution in [0, 0.1) is 0 Å². The van der Waals surface area contributed by atoms with Gasteiger partial charge in [-0.25, -0.2) is 0 Å². The van der Waals surface area contributed by atoms with Crippen LogP contribution in [-0.2, 0) is 114 Å². The molecule has 9 fully saturated rings. The number of ether oxygens (including phenoxy) is 18. The molecule has 56 heteroatoms. The lowest BCUT2D eigenvalue weighted by atomic mass is 9.94. The second-order valence-electron chi connectivity index (χ2n) is 32.2. The van der Waals surface area contributed by atoms with Gasteiger partial charge in [0.2, 0.25) is 35.4 Å². The van der Waals surface area contributed by atoms with Crippen LogP contribution in [0.4, 0.5) is 0 Å². The molecular weight excluding hydrogens is 1750 g/mol. The molecule has 0 saturated carbocycles. The zero-order valence-electron chi connectivity index (χ0n) is 69.8. The average molecular weight is 1870 g/mol. The van der Waals surface area contributed by atoms with Crippen LogP contribution in [0.2, 0.25) is 0 Å².